The van der Waals surface area contributed by atoms with Crippen LogP contribution < -0.4 is 0 Å². The van der Waals surface area contributed by atoms with Crippen LogP contribution in [0.4, 0.5) is 4.79 Å². The molecular formula is C16H27N3O2S. The van der Waals surface area contributed by atoms with Gasteiger partial charge in [0.2, 0.25) is 0 Å². The van der Waals surface area contributed by atoms with Crippen LogP contribution in [-0.2, 0) is 11.3 Å². The first-order chi connectivity index (χ1) is 10.2. The Morgan fingerprint density at radius 2 is 1.95 bits per heavy atom. The number of thiazole rings is 1. The maximum atomic E-state index is 12.0. The number of amides is 1. The Morgan fingerprint density at radius 3 is 2.45 bits per heavy atom. The number of hydrogen-bond donors (Lipinski definition) is 0. The summed E-state index contributed by atoms with van der Waals surface area (Å²) in [4.78, 5) is 20.9. The largest absolute Gasteiger partial charge is 0.444 e. The fraction of sp³-hybridized carbons (Fsp3) is 0.750. The normalized spacial score (nSPS) is 17.1. The SMILES string of the molecule is CC(C)c1nc(CN2CCN(C(=O)OC(C)(C)C)CC2)cs1. The van der Waals surface area contributed by atoms with E-state index in [9.17, 15) is 4.79 Å². The molecule has 124 valence electrons. The minimum atomic E-state index is -0.429. The molecule has 0 N–H and O–H groups in total. The number of hydrogen-bond acceptors (Lipinski definition) is 5. The molecule has 1 aromatic rings. The molecule has 5 nitrogen and oxygen atoms in total. The van der Waals surface area contributed by atoms with Crippen LogP contribution in [0.15, 0.2) is 5.38 Å². The van der Waals surface area contributed by atoms with Crippen molar-refractivity contribution in [3.8, 4) is 0 Å². The minimum absolute atomic E-state index is 0.206. The average Bonchev–Trinajstić information content (AvgIpc) is 2.86. The summed E-state index contributed by atoms with van der Waals surface area (Å²) in [5.74, 6) is 0.489. The first-order valence-electron chi connectivity index (χ1n) is 7.89. The van der Waals surface area contributed by atoms with E-state index in [1.54, 1.807) is 16.2 Å². The third-order valence-corrected chi connectivity index (χ3v) is 4.67. The second kappa shape index (κ2) is 6.96. The average molecular weight is 325 g/mol. The van der Waals surface area contributed by atoms with Gasteiger partial charge in [-0.25, -0.2) is 9.78 Å². The summed E-state index contributed by atoms with van der Waals surface area (Å²) in [6.45, 7) is 14.1. The highest BCUT2D eigenvalue weighted by atomic mass is 32.1. The molecule has 0 unspecified atom stereocenters. The van der Waals surface area contributed by atoms with Crippen molar-refractivity contribution in [3.05, 3.63) is 16.1 Å². The van der Waals surface area contributed by atoms with Crippen LogP contribution in [0.3, 0.4) is 0 Å². The molecule has 22 heavy (non-hydrogen) atoms. The van der Waals surface area contributed by atoms with Crippen LogP contribution in [0, 0.1) is 0 Å². The number of aromatic nitrogens is 1. The molecule has 1 aliphatic rings. The quantitative estimate of drug-likeness (QED) is 0.855. The van der Waals surface area contributed by atoms with Crippen LogP contribution >= 0.6 is 11.3 Å². The predicted octanol–water partition coefficient (Wildman–Crippen LogP) is 3.32. The van der Waals surface area contributed by atoms with E-state index in [4.69, 9.17) is 4.74 Å². The van der Waals surface area contributed by atoms with Gasteiger partial charge in [-0.05, 0) is 20.8 Å². The van der Waals surface area contributed by atoms with E-state index in [0.717, 1.165) is 38.4 Å². The van der Waals surface area contributed by atoms with Crippen molar-refractivity contribution in [1.82, 2.24) is 14.8 Å². The molecule has 6 heteroatoms. The fourth-order valence-electron chi connectivity index (χ4n) is 2.30. The summed E-state index contributed by atoms with van der Waals surface area (Å²) < 4.78 is 5.42. The number of rotatable bonds is 3. The van der Waals surface area contributed by atoms with E-state index >= 15 is 0 Å². The lowest BCUT2D eigenvalue weighted by Crippen LogP contribution is -2.49. The van der Waals surface area contributed by atoms with Crippen LogP contribution in [0.1, 0.15) is 51.2 Å². The Kier molecular flexibility index (Phi) is 5.45. The molecule has 0 aromatic carbocycles. The van der Waals surface area contributed by atoms with Crippen molar-refractivity contribution >= 4 is 17.4 Å². The highest BCUT2D eigenvalue weighted by Gasteiger charge is 2.26. The summed E-state index contributed by atoms with van der Waals surface area (Å²) in [7, 11) is 0. The molecule has 1 saturated heterocycles. The van der Waals surface area contributed by atoms with Crippen LogP contribution in [-0.4, -0.2) is 52.7 Å². The number of carbonyl (C=O) groups is 1. The van der Waals surface area contributed by atoms with Gasteiger partial charge in [-0.1, -0.05) is 13.8 Å². The van der Waals surface area contributed by atoms with Gasteiger partial charge in [-0.2, -0.15) is 0 Å². The van der Waals surface area contributed by atoms with Crippen molar-refractivity contribution in [2.45, 2.75) is 52.7 Å². The first kappa shape index (κ1) is 17.2. The highest BCUT2D eigenvalue weighted by Crippen LogP contribution is 2.20. The standard InChI is InChI=1S/C16H27N3O2S/c1-12(2)14-17-13(11-22-14)10-18-6-8-19(9-7-18)15(20)21-16(3,4)5/h11-12H,6-10H2,1-5H3. The van der Waals surface area contributed by atoms with E-state index in [1.165, 1.54) is 5.01 Å². The topological polar surface area (TPSA) is 45.7 Å². The van der Waals surface area contributed by atoms with Gasteiger partial charge < -0.3 is 9.64 Å². The van der Waals surface area contributed by atoms with Crippen molar-refractivity contribution < 1.29 is 9.53 Å². The fourth-order valence-corrected chi connectivity index (χ4v) is 3.13. The van der Waals surface area contributed by atoms with E-state index < -0.39 is 5.60 Å². The van der Waals surface area contributed by atoms with Gasteiger partial charge in [0.05, 0.1) is 10.7 Å². The van der Waals surface area contributed by atoms with Crippen LogP contribution in [0.2, 0.25) is 0 Å². The molecule has 0 saturated carbocycles. The zero-order valence-electron chi connectivity index (χ0n) is 14.3. The number of nitrogens with zero attached hydrogens (tertiary/aromatic N) is 3. The minimum Gasteiger partial charge on any atom is -0.444 e. The van der Waals surface area contributed by atoms with Gasteiger partial charge in [0.1, 0.15) is 5.60 Å². The lowest BCUT2D eigenvalue weighted by Gasteiger charge is -2.35. The summed E-state index contributed by atoms with van der Waals surface area (Å²) in [6, 6.07) is 0. The molecule has 1 aliphatic heterocycles. The maximum absolute atomic E-state index is 12.0. The zero-order valence-corrected chi connectivity index (χ0v) is 15.1. The Bertz CT molecular complexity index is 500. The van der Waals surface area contributed by atoms with Crippen molar-refractivity contribution in [2.75, 3.05) is 26.2 Å². The van der Waals surface area contributed by atoms with Crippen molar-refractivity contribution in [1.29, 1.82) is 0 Å². The maximum Gasteiger partial charge on any atom is 0.410 e. The predicted molar refractivity (Wildman–Crippen MR) is 89.3 cm³/mol. The smallest absolute Gasteiger partial charge is 0.410 e. The van der Waals surface area contributed by atoms with Gasteiger partial charge in [-0.15, -0.1) is 11.3 Å². The number of carbonyl (C=O) groups excluding carboxylic acids is 1. The molecule has 1 fully saturated rings. The molecule has 0 bridgehead atoms. The third kappa shape index (κ3) is 4.95. The second-order valence-corrected chi connectivity index (χ2v) is 7.97. The Balaban J connectivity index is 1.80. The molecular weight excluding hydrogens is 298 g/mol. The molecule has 2 heterocycles. The summed E-state index contributed by atoms with van der Waals surface area (Å²) in [5.41, 5.74) is 0.710. The Hall–Kier alpha value is -1.14. The zero-order chi connectivity index (χ0) is 16.3. The van der Waals surface area contributed by atoms with E-state index in [0.29, 0.717) is 5.92 Å². The highest BCUT2D eigenvalue weighted by molar-refractivity contribution is 7.09. The summed E-state index contributed by atoms with van der Waals surface area (Å²) >= 11 is 1.74. The lowest BCUT2D eigenvalue weighted by atomic mass is 10.2. The molecule has 1 aromatic heterocycles. The second-order valence-electron chi connectivity index (χ2n) is 7.08. The summed E-state index contributed by atoms with van der Waals surface area (Å²) in [5, 5.41) is 3.35. The van der Waals surface area contributed by atoms with Crippen molar-refractivity contribution in [2.24, 2.45) is 0 Å². The number of piperazine rings is 1. The van der Waals surface area contributed by atoms with Gasteiger partial charge in [-0.3, -0.25) is 4.90 Å². The monoisotopic (exact) mass is 325 g/mol. The van der Waals surface area contributed by atoms with Crippen molar-refractivity contribution in [3.63, 3.8) is 0 Å². The molecule has 0 spiro atoms. The van der Waals surface area contributed by atoms with Gasteiger partial charge in [0.15, 0.2) is 0 Å². The third-order valence-electron chi connectivity index (χ3n) is 3.47. The van der Waals surface area contributed by atoms with Gasteiger partial charge in [0, 0.05) is 44.0 Å². The molecule has 2 rings (SSSR count). The van der Waals surface area contributed by atoms with Crippen LogP contribution in [0.25, 0.3) is 0 Å². The molecule has 1 amide bonds. The Labute approximate surface area is 137 Å². The molecule has 0 atom stereocenters. The number of ether oxygens (including phenoxy) is 1. The van der Waals surface area contributed by atoms with Crippen LogP contribution in [0.5, 0.6) is 0 Å². The van der Waals surface area contributed by atoms with E-state index in [2.05, 4.69) is 29.1 Å². The van der Waals surface area contributed by atoms with E-state index in [-0.39, 0.29) is 6.09 Å². The van der Waals surface area contributed by atoms with E-state index in [1.807, 2.05) is 20.8 Å². The molecule has 0 radical (unpaired) electrons. The molecule has 0 aliphatic carbocycles. The Morgan fingerprint density at radius 1 is 1.32 bits per heavy atom. The van der Waals surface area contributed by atoms with Gasteiger partial charge >= 0.3 is 6.09 Å². The first-order valence-corrected chi connectivity index (χ1v) is 8.77. The lowest BCUT2D eigenvalue weighted by molar-refractivity contribution is 0.0138. The van der Waals surface area contributed by atoms with Gasteiger partial charge in [0.25, 0.3) is 0 Å². The summed E-state index contributed by atoms with van der Waals surface area (Å²) in [6.07, 6.45) is -0.206.